The zero-order chi connectivity index (χ0) is 22.1. The van der Waals surface area contributed by atoms with Crippen LogP contribution in [0.2, 0.25) is 0 Å². The molecular weight excluding hydrogens is 414 g/mol. The second-order valence-corrected chi connectivity index (χ2v) is 12.0. The molecular formula is C29H30FOP. The summed E-state index contributed by atoms with van der Waals surface area (Å²) >= 11 is 0. The van der Waals surface area contributed by atoms with Crippen LogP contribution in [-0.2, 0) is 6.16 Å². The zero-order valence-electron chi connectivity index (χ0n) is 18.3. The topological polar surface area (TPSA) is 9.23 Å². The summed E-state index contributed by atoms with van der Waals surface area (Å²) in [5, 5.41) is 4.08. The van der Waals surface area contributed by atoms with Gasteiger partial charge in [0.15, 0.2) is 0 Å². The number of benzene rings is 4. The molecule has 0 aliphatic heterocycles. The van der Waals surface area contributed by atoms with Gasteiger partial charge >= 0.3 is 191 Å². The molecule has 4 rings (SSSR count). The average molecular weight is 445 g/mol. The summed E-state index contributed by atoms with van der Waals surface area (Å²) in [5.41, 5.74) is 1.33. The van der Waals surface area contributed by atoms with E-state index in [1.165, 1.54) is 21.5 Å². The first-order valence-electron chi connectivity index (χ1n) is 11.3. The minimum absolute atomic E-state index is 0.293. The molecule has 4 aromatic rings. The Morgan fingerprint density at radius 2 is 1.16 bits per heavy atom. The normalized spacial score (nSPS) is 11.8. The van der Waals surface area contributed by atoms with Crippen molar-refractivity contribution in [3.63, 3.8) is 0 Å². The van der Waals surface area contributed by atoms with Crippen LogP contribution >= 0.6 is 7.26 Å². The summed E-state index contributed by atoms with van der Waals surface area (Å²) in [6.07, 6.45) is 2.23. The Balaban J connectivity index is 1.85. The van der Waals surface area contributed by atoms with Crippen LogP contribution in [0.5, 0.6) is 5.75 Å². The first-order valence-corrected chi connectivity index (χ1v) is 13.5. The second-order valence-electron chi connectivity index (χ2n) is 8.07. The van der Waals surface area contributed by atoms with Crippen molar-refractivity contribution in [1.29, 1.82) is 0 Å². The van der Waals surface area contributed by atoms with Gasteiger partial charge in [0.1, 0.15) is 0 Å². The fourth-order valence-electron chi connectivity index (χ4n) is 4.39. The summed E-state index contributed by atoms with van der Waals surface area (Å²) in [6.45, 7) is 0.246. The summed E-state index contributed by atoms with van der Waals surface area (Å²) < 4.78 is 18.5. The van der Waals surface area contributed by atoms with Gasteiger partial charge in [0.25, 0.3) is 0 Å². The van der Waals surface area contributed by atoms with Gasteiger partial charge in [-0.15, -0.1) is 0 Å². The number of hydrogen-bond acceptors (Lipinski definition) is 1. The number of rotatable bonds is 10. The molecule has 0 aromatic heterocycles. The van der Waals surface area contributed by atoms with E-state index in [0.717, 1.165) is 18.3 Å². The predicted molar refractivity (Wildman–Crippen MR) is 137 cm³/mol. The fourth-order valence-corrected chi connectivity index (χ4v) is 9.14. The van der Waals surface area contributed by atoms with Crippen LogP contribution in [0.1, 0.15) is 18.4 Å². The van der Waals surface area contributed by atoms with Gasteiger partial charge in [-0.1, -0.05) is 0 Å². The molecule has 0 radical (unpaired) electrons. The van der Waals surface area contributed by atoms with Gasteiger partial charge in [-0.25, -0.2) is 0 Å². The van der Waals surface area contributed by atoms with Crippen molar-refractivity contribution in [2.45, 2.75) is 19.0 Å². The van der Waals surface area contributed by atoms with Crippen LogP contribution in [-0.4, -0.2) is 13.3 Å². The number of unbranched alkanes of at least 4 members (excludes halogenated alkanes) is 1. The number of ether oxygens (including phenoxy) is 1. The van der Waals surface area contributed by atoms with E-state index in [0.29, 0.717) is 13.0 Å². The molecule has 0 aliphatic carbocycles. The molecule has 0 N–H and O–H groups in total. The minimum atomic E-state index is -2.39. The van der Waals surface area contributed by atoms with Crippen molar-refractivity contribution in [2.75, 3.05) is 13.3 Å². The van der Waals surface area contributed by atoms with E-state index in [9.17, 15) is 4.39 Å². The molecule has 0 fully saturated rings. The van der Waals surface area contributed by atoms with Crippen LogP contribution in [0.4, 0.5) is 4.39 Å². The molecule has 1 nitrogen and oxygen atoms in total. The number of halogens is 1. The van der Waals surface area contributed by atoms with Crippen molar-refractivity contribution < 1.29 is 9.13 Å². The Bertz CT molecular complexity index is 1040. The van der Waals surface area contributed by atoms with E-state index in [-0.39, 0.29) is 6.67 Å². The van der Waals surface area contributed by atoms with Crippen molar-refractivity contribution in [1.82, 2.24) is 0 Å². The van der Waals surface area contributed by atoms with Crippen molar-refractivity contribution >= 4 is 23.2 Å². The Labute approximate surface area is 191 Å². The molecule has 32 heavy (non-hydrogen) atoms. The van der Waals surface area contributed by atoms with Crippen LogP contribution in [0.3, 0.4) is 0 Å². The molecule has 0 saturated carbocycles. The molecule has 164 valence electrons. The van der Waals surface area contributed by atoms with Crippen molar-refractivity contribution in [3.05, 3.63) is 121 Å². The Hall–Kier alpha value is -2.96. The van der Waals surface area contributed by atoms with Crippen LogP contribution in [0, 0.1) is 0 Å². The third-order valence-electron chi connectivity index (χ3n) is 5.97. The van der Waals surface area contributed by atoms with E-state index < -0.39 is 7.26 Å². The third-order valence-corrected chi connectivity index (χ3v) is 10.8. The van der Waals surface area contributed by atoms with Gasteiger partial charge in [-0.05, 0) is 0 Å². The summed E-state index contributed by atoms with van der Waals surface area (Å²) in [5.74, 6) is 0.859. The Kier molecular flexibility index (Phi) is 7.69. The predicted octanol–water partition coefficient (Wildman–Crippen LogP) is 6.04. The molecule has 0 bridgehead atoms. The Morgan fingerprint density at radius 1 is 0.594 bits per heavy atom. The molecule has 3 heteroatoms. The number of alkyl halides is 1. The van der Waals surface area contributed by atoms with Gasteiger partial charge in [-0.3, -0.25) is 0 Å². The SMILES string of the molecule is FCCCCOc1cccc([PH](Cc2ccccc2)(c2ccccc2)c2ccccc2)c1. The first kappa shape index (κ1) is 22.2. The second kappa shape index (κ2) is 11.1. The maximum absolute atomic E-state index is 12.5. The molecule has 0 atom stereocenters. The molecule has 4 aromatic carbocycles. The van der Waals surface area contributed by atoms with Crippen LogP contribution in [0.15, 0.2) is 115 Å². The molecule has 0 spiro atoms. The fraction of sp³-hybridized carbons (Fsp3) is 0.172. The van der Waals surface area contributed by atoms with E-state index in [4.69, 9.17) is 4.74 Å². The van der Waals surface area contributed by atoms with Gasteiger partial charge in [-0.2, -0.15) is 0 Å². The Morgan fingerprint density at radius 3 is 1.75 bits per heavy atom. The van der Waals surface area contributed by atoms with Crippen LogP contribution < -0.4 is 20.7 Å². The van der Waals surface area contributed by atoms with Crippen molar-refractivity contribution in [3.8, 4) is 5.75 Å². The molecule has 0 unspecified atom stereocenters. The average Bonchev–Trinajstić information content (AvgIpc) is 2.87. The van der Waals surface area contributed by atoms with E-state index >= 15 is 0 Å². The third kappa shape index (κ3) is 5.09. The van der Waals surface area contributed by atoms with Gasteiger partial charge in [0.2, 0.25) is 0 Å². The first-order chi connectivity index (χ1) is 15.8. The van der Waals surface area contributed by atoms with Gasteiger partial charge in [0, 0.05) is 0 Å². The van der Waals surface area contributed by atoms with E-state index in [2.05, 4.69) is 109 Å². The summed E-state index contributed by atoms with van der Waals surface area (Å²) in [6, 6.07) is 41.2. The summed E-state index contributed by atoms with van der Waals surface area (Å²) in [4.78, 5) is 0. The summed E-state index contributed by atoms with van der Waals surface area (Å²) in [7, 11) is -2.39. The standard InChI is InChI=1S/C29H30FOP/c30-21-10-11-22-31-26-15-12-20-29(23-26)32(27-16-6-2-7-17-27,28-18-8-3-9-19-28)24-25-13-4-1-5-14-25/h1-9,12-20,23,32H,10-11,21-22,24H2. The van der Waals surface area contributed by atoms with Crippen molar-refractivity contribution in [2.24, 2.45) is 0 Å². The van der Waals surface area contributed by atoms with Crippen LogP contribution in [0.25, 0.3) is 0 Å². The monoisotopic (exact) mass is 444 g/mol. The molecule has 0 saturated heterocycles. The number of hydrogen-bond donors (Lipinski definition) is 0. The maximum atomic E-state index is 12.5. The molecule has 0 aliphatic rings. The molecule has 0 heterocycles. The van der Waals surface area contributed by atoms with E-state index in [1.807, 2.05) is 6.07 Å². The van der Waals surface area contributed by atoms with E-state index in [1.54, 1.807) is 0 Å². The quantitative estimate of drug-likeness (QED) is 0.214. The zero-order valence-corrected chi connectivity index (χ0v) is 19.3. The van der Waals surface area contributed by atoms with Gasteiger partial charge < -0.3 is 0 Å². The molecule has 0 amide bonds. The van der Waals surface area contributed by atoms with Gasteiger partial charge in [0.05, 0.1) is 0 Å².